The molecule has 8 nitrogen and oxygen atoms in total. The Morgan fingerprint density at radius 3 is 2.78 bits per heavy atom. The molecule has 0 unspecified atom stereocenters. The van der Waals surface area contributed by atoms with E-state index in [1.54, 1.807) is 23.0 Å². The number of hydrogen-bond donors (Lipinski definition) is 3. The van der Waals surface area contributed by atoms with E-state index in [-0.39, 0.29) is 12.6 Å². The van der Waals surface area contributed by atoms with E-state index >= 15 is 0 Å². The lowest BCUT2D eigenvalue weighted by Crippen LogP contribution is -2.42. The predicted molar refractivity (Wildman–Crippen MR) is 121 cm³/mol. The van der Waals surface area contributed by atoms with Crippen LogP contribution in [0.25, 0.3) is 16.9 Å². The van der Waals surface area contributed by atoms with Crippen LogP contribution in [0.2, 0.25) is 5.02 Å². The summed E-state index contributed by atoms with van der Waals surface area (Å²) in [6.45, 7) is 2.43. The van der Waals surface area contributed by atoms with Crippen LogP contribution in [0.15, 0.2) is 30.9 Å². The number of rotatable bonds is 7. The summed E-state index contributed by atoms with van der Waals surface area (Å²) in [7, 11) is 0. The van der Waals surface area contributed by atoms with Gasteiger partial charge in [-0.3, -0.25) is 9.78 Å². The van der Waals surface area contributed by atoms with Crippen LogP contribution >= 0.6 is 11.6 Å². The van der Waals surface area contributed by atoms with Crippen molar-refractivity contribution in [2.24, 2.45) is 0 Å². The van der Waals surface area contributed by atoms with Crippen molar-refractivity contribution in [3.05, 3.63) is 41.4 Å². The fraction of sp³-hybridized carbons (Fsp3) is 0.455. The highest BCUT2D eigenvalue weighted by Crippen LogP contribution is 2.29. The van der Waals surface area contributed by atoms with E-state index in [1.165, 1.54) is 26.2 Å². The molecule has 1 saturated carbocycles. The van der Waals surface area contributed by atoms with E-state index in [0.717, 1.165) is 25.7 Å². The van der Waals surface area contributed by atoms with Crippen LogP contribution in [0.4, 0.5) is 10.1 Å². The lowest BCUT2D eigenvalue weighted by molar-refractivity contribution is -0.00177. The lowest BCUT2D eigenvalue weighted by Gasteiger charge is -2.23. The van der Waals surface area contributed by atoms with Gasteiger partial charge in [-0.1, -0.05) is 24.4 Å². The summed E-state index contributed by atoms with van der Waals surface area (Å²) in [6.07, 6.45) is 9.01. The third-order valence-corrected chi connectivity index (χ3v) is 5.87. The largest absolute Gasteiger partial charge is 0.387 e. The van der Waals surface area contributed by atoms with Gasteiger partial charge in [-0.05, 0) is 32.8 Å². The second kappa shape index (κ2) is 8.99. The number of amides is 1. The van der Waals surface area contributed by atoms with Crippen molar-refractivity contribution in [3.8, 4) is 11.3 Å². The van der Waals surface area contributed by atoms with Gasteiger partial charge >= 0.3 is 0 Å². The van der Waals surface area contributed by atoms with E-state index in [4.69, 9.17) is 11.6 Å². The second-order valence-electron chi connectivity index (χ2n) is 8.67. The van der Waals surface area contributed by atoms with E-state index in [2.05, 4.69) is 25.7 Å². The molecule has 1 atom stereocenters. The number of aromatic nitrogens is 4. The number of nitrogens with one attached hydrogen (secondary N) is 2. The summed E-state index contributed by atoms with van der Waals surface area (Å²) < 4.78 is 15.7. The molecule has 0 radical (unpaired) electrons. The van der Waals surface area contributed by atoms with Crippen LogP contribution < -0.4 is 10.6 Å². The van der Waals surface area contributed by atoms with Crippen LogP contribution in [0, 0.1) is 0 Å². The molecule has 170 valence electrons. The maximum atomic E-state index is 14.1. The maximum Gasteiger partial charge on any atom is 0.255 e. The second-order valence-corrected chi connectivity index (χ2v) is 9.11. The standard InChI is InChI=1S/C22H26ClFN6O2/c1-22(2,32)19(24)11-27-21(31)16-9-25-17(7-18(16)29-14-5-3-4-6-14)15-10-28-30-12-13(23)8-26-20(15)30/h7-10,12,14,19,32H,3-6,11H2,1-2H3,(H,25,29)(H,27,31)/t19-/m1/s1. The van der Waals surface area contributed by atoms with Crippen molar-refractivity contribution in [1.29, 1.82) is 0 Å². The van der Waals surface area contributed by atoms with Gasteiger partial charge in [0.25, 0.3) is 5.91 Å². The fourth-order valence-corrected chi connectivity index (χ4v) is 3.89. The third kappa shape index (κ3) is 4.83. The highest BCUT2D eigenvalue weighted by molar-refractivity contribution is 6.30. The van der Waals surface area contributed by atoms with Gasteiger partial charge in [0.15, 0.2) is 5.65 Å². The van der Waals surface area contributed by atoms with Crippen LogP contribution in [0.5, 0.6) is 0 Å². The summed E-state index contributed by atoms with van der Waals surface area (Å²) in [5.74, 6) is -0.457. The minimum Gasteiger partial charge on any atom is -0.387 e. The number of aliphatic hydroxyl groups is 1. The maximum absolute atomic E-state index is 14.1. The van der Waals surface area contributed by atoms with E-state index in [1.807, 2.05) is 0 Å². The van der Waals surface area contributed by atoms with Gasteiger partial charge in [-0.25, -0.2) is 13.9 Å². The first-order valence-corrected chi connectivity index (χ1v) is 11.0. The molecule has 3 aromatic heterocycles. The molecule has 3 aromatic rings. The van der Waals surface area contributed by atoms with Gasteiger partial charge in [0.2, 0.25) is 0 Å². The Hall–Kier alpha value is -2.78. The summed E-state index contributed by atoms with van der Waals surface area (Å²) in [5, 5.41) is 20.6. The van der Waals surface area contributed by atoms with Crippen LogP contribution in [0.1, 0.15) is 49.9 Å². The van der Waals surface area contributed by atoms with E-state index in [9.17, 15) is 14.3 Å². The van der Waals surface area contributed by atoms with Crippen LogP contribution in [-0.4, -0.2) is 55.0 Å². The Bertz CT molecular complexity index is 1120. The van der Waals surface area contributed by atoms with Gasteiger partial charge in [-0.15, -0.1) is 0 Å². The lowest BCUT2D eigenvalue weighted by atomic mass is 10.0. The Balaban J connectivity index is 1.64. The molecule has 32 heavy (non-hydrogen) atoms. The van der Waals surface area contributed by atoms with Crippen molar-refractivity contribution >= 4 is 28.8 Å². The highest BCUT2D eigenvalue weighted by atomic mass is 35.5. The number of carbonyl (C=O) groups excluding carboxylic acids is 1. The van der Waals surface area contributed by atoms with Gasteiger partial charge in [0, 0.05) is 18.4 Å². The predicted octanol–water partition coefficient (Wildman–Crippen LogP) is 3.64. The van der Waals surface area contributed by atoms with Crippen molar-refractivity contribution < 1.29 is 14.3 Å². The zero-order valence-electron chi connectivity index (χ0n) is 18.0. The van der Waals surface area contributed by atoms with Crippen LogP contribution in [0.3, 0.4) is 0 Å². The zero-order chi connectivity index (χ0) is 22.9. The SMILES string of the molecule is CC(C)(O)[C@H](F)CNC(=O)c1cnc(-c2cnn3cc(Cl)cnc23)cc1NC1CCCC1. The minimum absolute atomic E-state index is 0.253. The number of carbonyl (C=O) groups is 1. The molecule has 0 saturated heterocycles. The summed E-state index contributed by atoms with van der Waals surface area (Å²) in [5.41, 5.74) is 1.29. The van der Waals surface area contributed by atoms with Crippen molar-refractivity contribution in [2.75, 3.05) is 11.9 Å². The Morgan fingerprint density at radius 1 is 1.31 bits per heavy atom. The van der Waals surface area contributed by atoms with E-state index < -0.39 is 17.7 Å². The van der Waals surface area contributed by atoms with Gasteiger partial charge < -0.3 is 15.7 Å². The summed E-state index contributed by atoms with van der Waals surface area (Å²) >= 11 is 5.99. The van der Waals surface area contributed by atoms with Gasteiger partial charge in [-0.2, -0.15) is 5.10 Å². The average molecular weight is 461 g/mol. The molecule has 1 fully saturated rings. The number of alkyl halides is 1. The summed E-state index contributed by atoms with van der Waals surface area (Å²) in [4.78, 5) is 21.6. The van der Waals surface area contributed by atoms with Gasteiger partial charge in [0.05, 0.1) is 52.1 Å². The Labute approximate surface area is 190 Å². The zero-order valence-corrected chi connectivity index (χ0v) is 18.7. The number of anilines is 1. The van der Waals surface area contributed by atoms with Crippen molar-refractivity contribution in [3.63, 3.8) is 0 Å². The molecule has 1 aliphatic rings. The smallest absolute Gasteiger partial charge is 0.255 e. The molecule has 0 aliphatic heterocycles. The van der Waals surface area contributed by atoms with Crippen molar-refractivity contribution in [1.82, 2.24) is 24.9 Å². The molecular weight excluding hydrogens is 435 g/mol. The normalized spacial score (nSPS) is 15.8. The number of fused-ring (bicyclic) bond motifs is 1. The summed E-state index contributed by atoms with van der Waals surface area (Å²) in [6, 6.07) is 2.05. The minimum atomic E-state index is -1.60. The topological polar surface area (TPSA) is 104 Å². The molecule has 10 heteroatoms. The van der Waals surface area contributed by atoms with Crippen molar-refractivity contribution in [2.45, 2.75) is 57.3 Å². The molecule has 3 N–H and O–H groups in total. The number of hydrogen-bond acceptors (Lipinski definition) is 6. The first kappa shape index (κ1) is 22.4. The fourth-order valence-electron chi connectivity index (χ4n) is 3.75. The first-order valence-electron chi connectivity index (χ1n) is 10.6. The molecule has 0 aromatic carbocycles. The van der Waals surface area contributed by atoms with Gasteiger partial charge in [0.1, 0.15) is 6.17 Å². The Morgan fingerprint density at radius 2 is 2.06 bits per heavy atom. The monoisotopic (exact) mass is 460 g/mol. The number of pyridine rings is 1. The molecule has 1 amide bonds. The first-order chi connectivity index (χ1) is 15.2. The molecule has 1 aliphatic carbocycles. The van der Waals surface area contributed by atoms with Crippen LogP contribution in [-0.2, 0) is 0 Å². The number of nitrogens with zero attached hydrogens (tertiary/aromatic N) is 4. The molecule has 0 spiro atoms. The highest BCUT2D eigenvalue weighted by Gasteiger charge is 2.27. The molecule has 4 rings (SSSR count). The quantitative estimate of drug-likeness (QED) is 0.497. The number of halogens is 2. The third-order valence-electron chi connectivity index (χ3n) is 5.67. The van der Waals surface area contributed by atoms with E-state index in [0.29, 0.717) is 33.2 Å². The average Bonchev–Trinajstić information content (AvgIpc) is 3.40. The Kier molecular flexibility index (Phi) is 6.30. The molecular formula is C22H26ClFN6O2. The molecule has 0 bridgehead atoms. The molecule has 3 heterocycles.